The van der Waals surface area contributed by atoms with Crippen LogP contribution in [0.5, 0.6) is 0 Å². The molecule has 3 nitrogen and oxygen atoms in total. The summed E-state index contributed by atoms with van der Waals surface area (Å²) in [5, 5.41) is 3.15. The van der Waals surface area contributed by atoms with Crippen LogP contribution in [0.3, 0.4) is 0 Å². The molecule has 2 aliphatic rings. The molecule has 118 valence electrons. The lowest BCUT2D eigenvalue weighted by molar-refractivity contribution is -0.132. The molecule has 3 heteroatoms. The molecule has 1 N–H and O–H groups in total. The normalized spacial score (nSPS) is 21.5. The molecule has 1 saturated heterocycles. The monoisotopic (exact) mass is 298 g/mol. The summed E-state index contributed by atoms with van der Waals surface area (Å²) >= 11 is 0. The molecule has 2 fully saturated rings. The molecular weight excluding hydrogens is 272 g/mol. The Morgan fingerprint density at radius 2 is 1.77 bits per heavy atom. The van der Waals surface area contributed by atoms with Crippen molar-refractivity contribution in [1.82, 2.24) is 10.2 Å². The first kappa shape index (κ1) is 15.3. The zero-order chi connectivity index (χ0) is 15.3. The van der Waals surface area contributed by atoms with Crippen LogP contribution in [0.1, 0.15) is 44.1 Å². The van der Waals surface area contributed by atoms with Crippen LogP contribution in [-0.2, 0) is 4.79 Å². The number of hydrogen-bond donors (Lipinski definition) is 1. The highest BCUT2D eigenvalue weighted by Gasteiger charge is 2.46. The molecule has 0 atom stereocenters. The number of carbonyl (C=O) groups excluding carboxylic acids is 1. The summed E-state index contributed by atoms with van der Waals surface area (Å²) < 4.78 is 0. The average molecular weight is 298 g/mol. The third-order valence-corrected chi connectivity index (χ3v) is 5.06. The molecule has 1 saturated carbocycles. The minimum Gasteiger partial charge on any atom is -0.351 e. The first-order valence-corrected chi connectivity index (χ1v) is 8.56. The summed E-state index contributed by atoms with van der Waals surface area (Å²) in [5.74, 6) is 0.240. The Labute approximate surface area is 133 Å². The van der Waals surface area contributed by atoms with E-state index in [1.807, 2.05) is 24.3 Å². The van der Waals surface area contributed by atoms with Gasteiger partial charge in [-0.05, 0) is 44.3 Å². The number of nitrogens with zero attached hydrogens (tertiary/aromatic N) is 1. The Morgan fingerprint density at radius 1 is 1.09 bits per heavy atom. The molecule has 1 aliphatic carbocycles. The molecule has 1 amide bonds. The first-order valence-electron chi connectivity index (χ1n) is 8.56. The lowest BCUT2D eigenvalue weighted by atomic mass is 9.94. The van der Waals surface area contributed by atoms with Crippen molar-refractivity contribution >= 4 is 12.0 Å². The van der Waals surface area contributed by atoms with Gasteiger partial charge in [0.2, 0.25) is 5.91 Å². The van der Waals surface area contributed by atoms with Crippen LogP contribution in [0.4, 0.5) is 0 Å². The maximum absolute atomic E-state index is 12.8. The van der Waals surface area contributed by atoms with Crippen LogP contribution >= 0.6 is 0 Å². The molecule has 0 bridgehead atoms. The smallest absolute Gasteiger partial charge is 0.240 e. The van der Waals surface area contributed by atoms with Gasteiger partial charge in [0.1, 0.15) is 5.54 Å². The topological polar surface area (TPSA) is 32.3 Å². The van der Waals surface area contributed by atoms with Crippen LogP contribution in [0, 0.1) is 0 Å². The minimum absolute atomic E-state index is 0.211. The highest BCUT2D eigenvalue weighted by molar-refractivity contribution is 5.87. The minimum atomic E-state index is -0.211. The molecule has 1 aliphatic heterocycles. The highest BCUT2D eigenvalue weighted by Crippen LogP contribution is 2.37. The third kappa shape index (κ3) is 3.25. The molecule has 1 aromatic rings. The number of hydrogen-bond acceptors (Lipinski definition) is 2. The van der Waals surface area contributed by atoms with Gasteiger partial charge in [-0.15, -0.1) is 0 Å². The van der Waals surface area contributed by atoms with Gasteiger partial charge in [0.25, 0.3) is 0 Å². The van der Waals surface area contributed by atoms with Crippen molar-refractivity contribution in [2.45, 2.75) is 44.1 Å². The molecule has 22 heavy (non-hydrogen) atoms. The van der Waals surface area contributed by atoms with E-state index in [4.69, 9.17) is 0 Å². The molecule has 0 spiro atoms. The second-order valence-electron chi connectivity index (χ2n) is 6.46. The van der Waals surface area contributed by atoms with Crippen molar-refractivity contribution in [3.8, 4) is 0 Å². The largest absolute Gasteiger partial charge is 0.351 e. The van der Waals surface area contributed by atoms with E-state index in [1.54, 1.807) is 0 Å². The van der Waals surface area contributed by atoms with Crippen LogP contribution < -0.4 is 5.32 Å². The number of carbonyl (C=O) groups is 1. The van der Waals surface area contributed by atoms with Gasteiger partial charge in [0, 0.05) is 6.54 Å². The molecule has 0 radical (unpaired) electrons. The Bertz CT molecular complexity index is 511. The van der Waals surface area contributed by atoms with E-state index >= 15 is 0 Å². The zero-order valence-corrected chi connectivity index (χ0v) is 13.3. The molecule has 3 rings (SSSR count). The van der Waals surface area contributed by atoms with Gasteiger partial charge >= 0.3 is 0 Å². The summed E-state index contributed by atoms with van der Waals surface area (Å²) in [6, 6.07) is 10.2. The second kappa shape index (κ2) is 7.10. The van der Waals surface area contributed by atoms with Gasteiger partial charge in [0.05, 0.1) is 0 Å². The summed E-state index contributed by atoms with van der Waals surface area (Å²) in [6.07, 6.45) is 11.0. The number of benzene rings is 1. The van der Waals surface area contributed by atoms with E-state index in [9.17, 15) is 4.79 Å². The Balaban J connectivity index is 1.57. The van der Waals surface area contributed by atoms with Gasteiger partial charge in [-0.2, -0.15) is 0 Å². The standard InChI is InChI=1S/C19H26N2O/c22-18(20-14-8-11-17-9-2-1-3-10-17)19(12-4-5-13-19)21-15-6-7-16-21/h1-3,8-11H,4-7,12-16H2,(H,20,22). The van der Waals surface area contributed by atoms with Crippen LogP contribution in [0.2, 0.25) is 0 Å². The van der Waals surface area contributed by atoms with E-state index in [0.717, 1.165) is 25.9 Å². The van der Waals surface area contributed by atoms with Crippen molar-refractivity contribution in [2.75, 3.05) is 19.6 Å². The van der Waals surface area contributed by atoms with E-state index < -0.39 is 0 Å². The number of nitrogens with one attached hydrogen (secondary N) is 1. The highest BCUT2D eigenvalue weighted by atomic mass is 16.2. The van der Waals surface area contributed by atoms with Crippen molar-refractivity contribution < 1.29 is 4.79 Å². The summed E-state index contributed by atoms with van der Waals surface area (Å²) in [6.45, 7) is 2.80. The second-order valence-corrected chi connectivity index (χ2v) is 6.46. The molecular formula is C19H26N2O. The van der Waals surface area contributed by atoms with Gasteiger partial charge in [-0.25, -0.2) is 0 Å². The Morgan fingerprint density at radius 3 is 2.45 bits per heavy atom. The summed E-state index contributed by atoms with van der Waals surface area (Å²) in [5.41, 5.74) is 0.962. The average Bonchev–Trinajstić information content (AvgIpc) is 3.23. The third-order valence-electron chi connectivity index (χ3n) is 5.06. The fraction of sp³-hybridized carbons (Fsp3) is 0.526. The van der Waals surface area contributed by atoms with Gasteiger partial charge in [0.15, 0.2) is 0 Å². The molecule has 0 aromatic heterocycles. The predicted molar refractivity (Wildman–Crippen MR) is 90.5 cm³/mol. The quantitative estimate of drug-likeness (QED) is 0.905. The van der Waals surface area contributed by atoms with E-state index in [2.05, 4.69) is 28.4 Å². The first-order chi connectivity index (χ1) is 10.8. The molecule has 1 heterocycles. The van der Waals surface area contributed by atoms with E-state index in [1.165, 1.54) is 31.2 Å². The lowest BCUT2D eigenvalue weighted by Gasteiger charge is -2.37. The Kier molecular flexibility index (Phi) is 4.94. The number of amides is 1. The van der Waals surface area contributed by atoms with Crippen molar-refractivity contribution in [3.63, 3.8) is 0 Å². The Hall–Kier alpha value is -1.61. The fourth-order valence-corrected chi connectivity index (χ4v) is 3.87. The van der Waals surface area contributed by atoms with Crippen molar-refractivity contribution in [3.05, 3.63) is 42.0 Å². The zero-order valence-electron chi connectivity index (χ0n) is 13.3. The maximum atomic E-state index is 12.8. The predicted octanol–water partition coefficient (Wildman–Crippen LogP) is 3.22. The molecule has 0 unspecified atom stereocenters. The van der Waals surface area contributed by atoms with Gasteiger partial charge in [-0.1, -0.05) is 55.3 Å². The van der Waals surface area contributed by atoms with Gasteiger partial charge < -0.3 is 5.32 Å². The lowest BCUT2D eigenvalue weighted by Crippen LogP contribution is -2.56. The van der Waals surface area contributed by atoms with E-state index in [0.29, 0.717) is 6.54 Å². The van der Waals surface area contributed by atoms with Crippen LogP contribution in [0.25, 0.3) is 6.08 Å². The molecule has 1 aromatic carbocycles. The van der Waals surface area contributed by atoms with Crippen LogP contribution in [-0.4, -0.2) is 36.0 Å². The van der Waals surface area contributed by atoms with Crippen molar-refractivity contribution in [2.24, 2.45) is 0 Å². The van der Waals surface area contributed by atoms with Gasteiger partial charge in [-0.3, -0.25) is 9.69 Å². The van der Waals surface area contributed by atoms with Crippen molar-refractivity contribution in [1.29, 1.82) is 0 Å². The number of likely N-dealkylation sites (tertiary alicyclic amines) is 1. The summed E-state index contributed by atoms with van der Waals surface area (Å²) in [7, 11) is 0. The fourth-order valence-electron chi connectivity index (χ4n) is 3.87. The van der Waals surface area contributed by atoms with Crippen LogP contribution in [0.15, 0.2) is 36.4 Å². The van der Waals surface area contributed by atoms with E-state index in [-0.39, 0.29) is 11.4 Å². The SMILES string of the molecule is O=C(NCC=Cc1ccccc1)C1(N2CCCC2)CCCC1. The maximum Gasteiger partial charge on any atom is 0.240 e. The summed E-state index contributed by atoms with van der Waals surface area (Å²) in [4.78, 5) is 15.2. The number of rotatable bonds is 5.